The van der Waals surface area contributed by atoms with Gasteiger partial charge in [0.1, 0.15) is 22.9 Å². The Labute approximate surface area is 176 Å². The Bertz CT molecular complexity index is 1210. The zero-order chi connectivity index (χ0) is 21.1. The normalized spacial score (nSPS) is 10.6. The third-order valence-corrected chi connectivity index (χ3v) is 4.62. The molecular weight excluding hydrogens is 409 g/mol. The number of anilines is 1. The highest BCUT2D eigenvalue weighted by atomic mass is 35.5. The van der Waals surface area contributed by atoms with Crippen molar-refractivity contribution in [1.82, 2.24) is 20.0 Å². The number of amides is 1. The van der Waals surface area contributed by atoms with Gasteiger partial charge < -0.3 is 10.1 Å². The van der Waals surface area contributed by atoms with E-state index in [9.17, 15) is 9.18 Å². The fourth-order valence-electron chi connectivity index (χ4n) is 2.93. The maximum absolute atomic E-state index is 14.4. The Balaban J connectivity index is 1.77. The van der Waals surface area contributed by atoms with Gasteiger partial charge in [0, 0.05) is 23.6 Å². The third-order valence-electron chi connectivity index (χ3n) is 4.33. The fourth-order valence-corrected chi connectivity index (χ4v) is 3.19. The second kappa shape index (κ2) is 8.30. The molecular formula is C21H15ClFN5O2. The van der Waals surface area contributed by atoms with Crippen molar-refractivity contribution in [2.24, 2.45) is 0 Å². The van der Waals surface area contributed by atoms with Gasteiger partial charge in [-0.2, -0.15) is 0 Å². The molecule has 0 aliphatic carbocycles. The van der Waals surface area contributed by atoms with Gasteiger partial charge in [-0.15, -0.1) is 5.10 Å². The Morgan fingerprint density at radius 2 is 1.90 bits per heavy atom. The maximum Gasteiger partial charge on any atom is 0.278 e. The minimum absolute atomic E-state index is 0.0244. The summed E-state index contributed by atoms with van der Waals surface area (Å²) in [7, 11) is 1.50. The van der Waals surface area contributed by atoms with Crippen LogP contribution in [-0.2, 0) is 0 Å². The number of para-hydroxylation sites is 1. The summed E-state index contributed by atoms with van der Waals surface area (Å²) in [5.41, 5.74) is 1.59. The van der Waals surface area contributed by atoms with Gasteiger partial charge in [0.15, 0.2) is 5.69 Å². The molecule has 2 aromatic heterocycles. The lowest BCUT2D eigenvalue weighted by Crippen LogP contribution is -2.14. The van der Waals surface area contributed by atoms with Crippen LogP contribution in [0.1, 0.15) is 10.5 Å². The quantitative estimate of drug-likeness (QED) is 0.515. The summed E-state index contributed by atoms with van der Waals surface area (Å²) in [6, 6.07) is 14.3. The molecule has 9 heteroatoms. The van der Waals surface area contributed by atoms with Gasteiger partial charge in [-0.05, 0) is 42.5 Å². The molecule has 4 rings (SSSR count). The van der Waals surface area contributed by atoms with Crippen molar-refractivity contribution in [3.05, 3.63) is 83.5 Å². The first kappa shape index (κ1) is 19.5. The number of halogens is 2. The smallest absolute Gasteiger partial charge is 0.278 e. The van der Waals surface area contributed by atoms with Crippen LogP contribution in [-0.4, -0.2) is 33.0 Å². The van der Waals surface area contributed by atoms with Crippen LogP contribution in [0.4, 0.5) is 10.1 Å². The molecule has 0 unspecified atom stereocenters. The number of aromatic nitrogens is 4. The molecule has 1 N–H and O–H groups in total. The van der Waals surface area contributed by atoms with E-state index in [1.165, 1.54) is 17.9 Å². The van der Waals surface area contributed by atoms with Crippen molar-refractivity contribution >= 4 is 23.2 Å². The van der Waals surface area contributed by atoms with Crippen LogP contribution in [0, 0.1) is 5.82 Å². The topological polar surface area (TPSA) is 81.9 Å². The summed E-state index contributed by atoms with van der Waals surface area (Å²) in [6.07, 6.45) is 3.14. The standard InChI is InChI=1S/C21H15ClFN5O2/c1-30-18-7-6-14(12-15(18)22)25-21(29)19-20(13-8-10-24-11-9-13)28(27-26-19)17-5-3-2-4-16(17)23/h2-12H,1H3,(H,25,29). The van der Waals surface area contributed by atoms with Crippen LogP contribution < -0.4 is 10.1 Å². The number of ether oxygens (including phenoxy) is 1. The number of carbonyl (C=O) groups excluding carboxylic acids is 1. The van der Waals surface area contributed by atoms with E-state index in [4.69, 9.17) is 16.3 Å². The molecule has 2 aromatic carbocycles. The van der Waals surface area contributed by atoms with Crippen LogP contribution in [0.5, 0.6) is 5.75 Å². The van der Waals surface area contributed by atoms with E-state index in [1.54, 1.807) is 60.9 Å². The van der Waals surface area contributed by atoms with Crippen molar-refractivity contribution < 1.29 is 13.9 Å². The Kier molecular flexibility index (Phi) is 5.40. The average molecular weight is 424 g/mol. The lowest BCUT2D eigenvalue weighted by molar-refractivity contribution is 0.102. The van der Waals surface area contributed by atoms with Crippen LogP contribution >= 0.6 is 11.6 Å². The molecule has 0 radical (unpaired) electrons. The summed E-state index contributed by atoms with van der Waals surface area (Å²) in [5.74, 6) is -0.533. The lowest BCUT2D eigenvalue weighted by Gasteiger charge is -2.10. The van der Waals surface area contributed by atoms with E-state index in [0.29, 0.717) is 27.7 Å². The minimum Gasteiger partial charge on any atom is -0.495 e. The zero-order valence-electron chi connectivity index (χ0n) is 15.7. The van der Waals surface area contributed by atoms with Crippen LogP contribution in [0.3, 0.4) is 0 Å². The van der Waals surface area contributed by atoms with Crippen molar-refractivity contribution in [3.63, 3.8) is 0 Å². The molecule has 7 nitrogen and oxygen atoms in total. The summed E-state index contributed by atoms with van der Waals surface area (Å²) in [4.78, 5) is 17.0. The van der Waals surface area contributed by atoms with Gasteiger partial charge in [0.25, 0.3) is 5.91 Å². The van der Waals surface area contributed by atoms with Crippen molar-refractivity contribution in [3.8, 4) is 22.7 Å². The monoisotopic (exact) mass is 423 g/mol. The summed E-state index contributed by atoms with van der Waals surface area (Å²) < 4.78 is 20.8. The first-order valence-electron chi connectivity index (χ1n) is 8.84. The van der Waals surface area contributed by atoms with Gasteiger partial charge in [-0.25, -0.2) is 9.07 Å². The summed E-state index contributed by atoms with van der Waals surface area (Å²) in [6.45, 7) is 0. The van der Waals surface area contributed by atoms with E-state index in [1.807, 2.05) is 0 Å². The van der Waals surface area contributed by atoms with Crippen LogP contribution in [0.15, 0.2) is 67.0 Å². The van der Waals surface area contributed by atoms with E-state index >= 15 is 0 Å². The van der Waals surface area contributed by atoms with E-state index < -0.39 is 11.7 Å². The number of benzene rings is 2. The number of nitrogens with one attached hydrogen (secondary N) is 1. The first-order valence-corrected chi connectivity index (χ1v) is 9.22. The number of nitrogens with zero attached hydrogens (tertiary/aromatic N) is 4. The minimum atomic E-state index is -0.523. The van der Waals surface area contributed by atoms with E-state index in [-0.39, 0.29) is 11.4 Å². The van der Waals surface area contributed by atoms with Crippen molar-refractivity contribution in [1.29, 1.82) is 0 Å². The van der Waals surface area contributed by atoms with E-state index in [0.717, 1.165) is 0 Å². The second-order valence-corrected chi connectivity index (χ2v) is 6.60. The molecule has 4 aromatic rings. The molecule has 0 fully saturated rings. The number of pyridine rings is 1. The van der Waals surface area contributed by atoms with Crippen LogP contribution in [0.25, 0.3) is 16.9 Å². The Hall–Kier alpha value is -3.78. The van der Waals surface area contributed by atoms with Gasteiger partial charge in [0.2, 0.25) is 0 Å². The largest absolute Gasteiger partial charge is 0.495 e. The second-order valence-electron chi connectivity index (χ2n) is 6.19. The molecule has 2 heterocycles. The summed E-state index contributed by atoms with van der Waals surface area (Å²) in [5, 5.41) is 11.1. The molecule has 0 atom stereocenters. The highest BCUT2D eigenvalue weighted by molar-refractivity contribution is 6.32. The number of carbonyl (C=O) groups is 1. The SMILES string of the molecule is COc1ccc(NC(=O)c2nnn(-c3ccccc3F)c2-c2ccncc2)cc1Cl. The molecule has 0 aliphatic heterocycles. The maximum atomic E-state index is 14.4. The molecule has 150 valence electrons. The third kappa shape index (κ3) is 3.72. The Morgan fingerprint density at radius 1 is 1.13 bits per heavy atom. The first-order chi connectivity index (χ1) is 14.6. The molecule has 0 bridgehead atoms. The number of methoxy groups -OCH3 is 1. The predicted molar refractivity (Wildman–Crippen MR) is 111 cm³/mol. The summed E-state index contributed by atoms with van der Waals surface area (Å²) >= 11 is 6.13. The lowest BCUT2D eigenvalue weighted by atomic mass is 10.1. The molecule has 0 spiro atoms. The van der Waals surface area contributed by atoms with Gasteiger partial charge in [0.05, 0.1) is 12.1 Å². The van der Waals surface area contributed by atoms with Crippen molar-refractivity contribution in [2.45, 2.75) is 0 Å². The zero-order valence-corrected chi connectivity index (χ0v) is 16.5. The average Bonchev–Trinajstić information content (AvgIpc) is 3.20. The molecule has 0 aliphatic rings. The Morgan fingerprint density at radius 3 is 2.60 bits per heavy atom. The molecule has 30 heavy (non-hydrogen) atoms. The molecule has 0 saturated carbocycles. The van der Waals surface area contributed by atoms with E-state index in [2.05, 4.69) is 20.6 Å². The van der Waals surface area contributed by atoms with Gasteiger partial charge >= 0.3 is 0 Å². The molecule has 0 saturated heterocycles. The van der Waals surface area contributed by atoms with Crippen LogP contribution in [0.2, 0.25) is 5.02 Å². The number of hydrogen-bond donors (Lipinski definition) is 1. The fraction of sp³-hybridized carbons (Fsp3) is 0.0476. The van der Waals surface area contributed by atoms with Crippen molar-refractivity contribution in [2.75, 3.05) is 12.4 Å². The van der Waals surface area contributed by atoms with Gasteiger partial charge in [-0.3, -0.25) is 9.78 Å². The highest BCUT2D eigenvalue weighted by Crippen LogP contribution is 2.29. The predicted octanol–water partition coefficient (Wildman–Crippen LogP) is 4.38. The van der Waals surface area contributed by atoms with Gasteiger partial charge in [-0.1, -0.05) is 28.9 Å². The number of rotatable bonds is 5. The highest BCUT2D eigenvalue weighted by Gasteiger charge is 2.23. The molecule has 1 amide bonds. The number of hydrogen-bond acceptors (Lipinski definition) is 5.